The van der Waals surface area contributed by atoms with Crippen molar-refractivity contribution in [2.45, 2.75) is 65.6 Å². The number of carbonyl (C=O) groups excluding carboxylic acids is 1. The minimum atomic E-state index is -0.650. The Hall–Kier alpha value is -0.610. The summed E-state index contributed by atoms with van der Waals surface area (Å²) in [5.74, 6) is -0.196. The van der Waals surface area contributed by atoms with Crippen LogP contribution in [0.15, 0.2) is 0 Å². The molecule has 0 rings (SSSR count). The van der Waals surface area contributed by atoms with Gasteiger partial charge in [0.1, 0.15) is 5.54 Å². The standard InChI is InChI=1S/C14H30N2O2/c1-8-9-16(12(4)5)10-14(6,13(17)18-7)15-11(2)3/h11-12,15H,8-10H2,1-7H3. The highest BCUT2D eigenvalue weighted by Gasteiger charge is 2.37. The van der Waals surface area contributed by atoms with Crippen molar-refractivity contribution in [1.82, 2.24) is 10.2 Å². The van der Waals surface area contributed by atoms with Crippen molar-refractivity contribution in [2.75, 3.05) is 20.2 Å². The molecule has 4 nitrogen and oxygen atoms in total. The molecule has 0 radical (unpaired) electrons. The van der Waals surface area contributed by atoms with Crippen LogP contribution in [0.3, 0.4) is 0 Å². The molecule has 0 saturated carbocycles. The molecule has 1 N–H and O–H groups in total. The van der Waals surface area contributed by atoms with Gasteiger partial charge in [-0.1, -0.05) is 6.92 Å². The first-order valence-electron chi connectivity index (χ1n) is 6.87. The van der Waals surface area contributed by atoms with Gasteiger partial charge in [0.05, 0.1) is 7.11 Å². The van der Waals surface area contributed by atoms with Crippen molar-refractivity contribution >= 4 is 5.97 Å². The van der Waals surface area contributed by atoms with Crippen molar-refractivity contribution in [3.8, 4) is 0 Å². The highest BCUT2D eigenvalue weighted by Crippen LogP contribution is 2.13. The molecule has 0 aliphatic heterocycles. The second kappa shape index (κ2) is 7.74. The number of esters is 1. The third-order valence-corrected chi connectivity index (χ3v) is 3.00. The summed E-state index contributed by atoms with van der Waals surface area (Å²) in [4.78, 5) is 14.3. The lowest BCUT2D eigenvalue weighted by atomic mass is 9.99. The smallest absolute Gasteiger partial charge is 0.327 e. The van der Waals surface area contributed by atoms with E-state index in [0.717, 1.165) is 13.0 Å². The van der Waals surface area contributed by atoms with E-state index in [2.05, 4.69) is 31.0 Å². The summed E-state index contributed by atoms with van der Waals surface area (Å²) >= 11 is 0. The number of hydrogen-bond acceptors (Lipinski definition) is 4. The van der Waals surface area contributed by atoms with Crippen molar-refractivity contribution < 1.29 is 9.53 Å². The van der Waals surface area contributed by atoms with Crippen LogP contribution < -0.4 is 5.32 Å². The van der Waals surface area contributed by atoms with E-state index in [-0.39, 0.29) is 12.0 Å². The maximum atomic E-state index is 12.0. The molecule has 18 heavy (non-hydrogen) atoms. The lowest BCUT2D eigenvalue weighted by Crippen LogP contribution is -2.60. The minimum Gasteiger partial charge on any atom is -0.468 e. The lowest BCUT2D eigenvalue weighted by Gasteiger charge is -2.37. The molecule has 0 heterocycles. The Kier molecular flexibility index (Phi) is 7.48. The van der Waals surface area contributed by atoms with Gasteiger partial charge in [-0.15, -0.1) is 0 Å². The maximum absolute atomic E-state index is 12.0. The molecule has 0 aromatic carbocycles. The summed E-state index contributed by atoms with van der Waals surface area (Å²) in [6, 6.07) is 0.660. The molecule has 0 saturated heterocycles. The molecular formula is C14H30N2O2. The Morgan fingerprint density at radius 1 is 1.33 bits per heavy atom. The monoisotopic (exact) mass is 258 g/mol. The molecule has 0 aromatic rings. The van der Waals surface area contributed by atoms with Crippen LogP contribution in [0, 0.1) is 0 Å². The van der Waals surface area contributed by atoms with E-state index < -0.39 is 5.54 Å². The minimum absolute atomic E-state index is 0.196. The Labute approximate surface area is 112 Å². The zero-order valence-corrected chi connectivity index (χ0v) is 13.0. The Balaban J connectivity index is 4.90. The zero-order chi connectivity index (χ0) is 14.3. The third kappa shape index (κ3) is 5.36. The molecule has 0 aliphatic carbocycles. The van der Waals surface area contributed by atoms with Gasteiger partial charge in [0, 0.05) is 18.6 Å². The molecule has 0 spiro atoms. The number of nitrogens with zero attached hydrogens (tertiary/aromatic N) is 1. The quantitative estimate of drug-likeness (QED) is 0.677. The van der Waals surface area contributed by atoms with Gasteiger partial charge in [0.15, 0.2) is 0 Å². The Morgan fingerprint density at radius 3 is 2.22 bits per heavy atom. The van der Waals surface area contributed by atoms with Crippen LogP contribution in [0.5, 0.6) is 0 Å². The first-order valence-corrected chi connectivity index (χ1v) is 6.87. The van der Waals surface area contributed by atoms with E-state index in [1.165, 1.54) is 7.11 Å². The summed E-state index contributed by atoms with van der Waals surface area (Å²) in [6.07, 6.45) is 1.08. The SMILES string of the molecule is CCCN(CC(C)(NC(C)C)C(=O)OC)C(C)C. The molecule has 1 unspecified atom stereocenters. The summed E-state index contributed by atoms with van der Waals surface area (Å²) in [5.41, 5.74) is -0.650. The van der Waals surface area contributed by atoms with Gasteiger partial charge < -0.3 is 4.74 Å². The van der Waals surface area contributed by atoms with Crippen LogP contribution in [-0.4, -0.2) is 48.7 Å². The second-order valence-electron chi connectivity index (χ2n) is 5.69. The molecule has 0 amide bonds. The largest absolute Gasteiger partial charge is 0.468 e. The molecule has 0 aromatic heterocycles. The highest BCUT2D eigenvalue weighted by atomic mass is 16.5. The first kappa shape index (κ1) is 17.4. The van der Waals surface area contributed by atoms with E-state index in [9.17, 15) is 4.79 Å². The van der Waals surface area contributed by atoms with Gasteiger partial charge in [-0.2, -0.15) is 0 Å². The average Bonchev–Trinajstić information content (AvgIpc) is 2.26. The Morgan fingerprint density at radius 2 is 1.89 bits per heavy atom. The number of rotatable bonds is 8. The molecule has 0 fully saturated rings. The van der Waals surface area contributed by atoms with Crippen LogP contribution in [0.4, 0.5) is 0 Å². The summed E-state index contributed by atoms with van der Waals surface area (Å²) in [5, 5.41) is 3.33. The molecule has 0 bridgehead atoms. The van der Waals surface area contributed by atoms with Gasteiger partial charge in [-0.05, 0) is 47.6 Å². The van der Waals surface area contributed by atoms with E-state index in [4.69, 9.17) is 4.74 Å². The molecular weight excluding hydrogens is 228 g/mol. The van der Waals surface area contributed by atoms with Crippen LogP contribution in [-0.2, 0) is 9.53 Å². The van der Waals surface area contributed by atoms with E-state index in [1.807, 2.05) is 20.8 Å². The van der Waals surface area contributed by atoms with Gasteiger partial charge in [0.2, 0.25) is 0 Å². The van der Waals surface area contributed by atoms with Gasteiger partial charge in [0.25, 0.3) is 0 Å². The lowest BCUT2D eigenvalue weighted by molar-refractivity contribution is -0.149. The third-order valence-electron chi connectivity index (χ3n) is 3.00. The second-order valence-corrected chi connectivity index (χ2v) is 5.69. The normalized spacial score (nSPS) is 15.2. The number of methoxy groups -OCH3 is 1. The van der Waals surface area contributed by atoms with Crippen LogP contribution in [0.2, 0.25) is 0 Å². The summed E-state index contributed by atoms with van der Waals surface area (Å²) in [7, 11) is 1.45. The predicted molar refractivity (Wildman–Crippen MR) is 75.7 cm³/mol. The van der Waals surface area contributed by atoms with Gasteiger partial charge in [-0.3, -0.25) is 15.0 Å². The Bertz CT molecular complexity index is 254. The van der Waals surface area contributed by atoms with Crippen LogP contribution in [0.25, 0.3) is 0 Å². The fourth-order valence-electron chi connectivity index (χ4n) is 2.24. The van der Waals surface area contributed by atoms with Crippen LogP contribution >= 0.6 is 0 Å². The number of hydrogen-bond donors (Lipinski definition) is 1. The zero-order valence-electron chi connectivity index (χ0n) is 13.0. The highest BCUT2D eigenvalue weighted by molar-refractivity contribution is 5.80. The fourth-order valence-corrected chi connectivity index (χ4v) is 2.24. The topological polar surface area (TPSA) is 41.6 Å². The van der Waals surface area contributed by atoms with E-state index >= 15 is 0 Å². The molecule has 1 atom stereocenters. The predicted octanol–water partition coefficient (Wildman–Crippen LogP) is 2.04. The van der Waals surface area contributed by atoms with Crippen molar-refractivity contribution in [2.24, 2.45) is 0 Å². The molecule has 108 valence electrons. The van der Waals surface area contributed by atoms with Crippen molar-refractivity contribution in [3.63, 3.8) is 0 Å². The van der Waals surface area contributed by atoms with Crippen LogP contribution in [0.1, 0.15) is 48.0 Å². The first-order chi connectivity index (χ1) is 8.26. The number of nitrogens with one attached hydrogen (secondary N) is 1. The summed E-state index contributed by atoms with van der Waals surface area (Å²) in [6.45, 7) is 14.1. The van der Waals surface area contributed by atoms with Crippen molar-refractivity contribution in [1.29, 1.82) is 0 Å². The van der Waals surface area contributed by atoms with Gasteiger partial charge >= 0.3 is 5.97 Å². The molecule has 0 aliphatic rings. The summed E-state index contributed by atoms with van der Waals surface area (Å²) < 4.78 is 4.95. The number of ether oxygens (including phenoxy) is 1. The van der Waals surface area contributed by atoms with Gasteiger partial charge in [-0.25, -0.2) is 0 Å². The fraction of sp³-hybridized carbons (Fsp3) is 0.929. The average molecular weight is 258 g/mol. The van der Waals surface area contributed by atoms with E-state index in [0.29, 0.717) is 12.6 Å². The maximum Gasteiger partial charge on any atom is 0.327 e. The van der Waals surface area contributed by atoms with Crippen molar-refractivity contribution in [3.05, 3.63) is 0 Å². The number of carbonyl (C=O) groups is 1. The molecule has 4 heteroatoms. The van der Waals surface area contributed by atoms with E-state index in [1.54, 1.807) is 0 Å².